The van der Waals surface area contributed by atoms with E-state index in [0.29, 0.717) is 12.4 Å². The molecule has 3 amide bonds. The molecule has 1 aromatic heterocycles. The van der Waals surface area contributed by atoms with Crippen LogP contribution in [0.2, 0.25) is 0 Å². The first-order valence-corrected chi connectivity index (χ1v) is 9.76. The van der Waals surface area contributed by atoms with Crippen LogP contribution in [0.25, 0.3) is 11.4 Å². The molecule has 0 aliphatic heterocycles. The van der Waals surface area contributed by atoms with Crippen LogP contribution in [0.5, 0.6) is 0 Å². The van der Waals surface area contributed by atoms with E-state index in [2.05, 4.69) is 39.0 Å². The van der Waals surface area contributed by atoms with Crippen molar-refractivity contribution in [3.8, 4) is 11.4 Å². The molecule has 0 atom stereocenters. The highest BCUT2D eigenvalue weighted by molar-refractivity contribution is 5.94. The fraction of sp³-hybridized carbons (Fsp3) is 0.450. The summed E-state index contributed by atoms with van der Waals surface area (Å²) < 4.78 is 0. The topological polar surface area (TPSA) is 102 Å². The third kappa shape index (κ3) is 5.73. The molecule has 0 saturated carbocycles. The molecule has 28 heavy (non-hydrogen) atoms. The highest BCUT2D eigenvalue weighted by Gasteiger charge is 2.12. The van der Waals surface area contributed by atoms with Gasteiger partial charge in [-0.25, -0.2) is 4.79 Å². The number of carbonyl (C=O) groups excluding carboxylic acids is 2. The van der Waals surface area contributed by atoms with E-state index in [0.717, 1.165) is 31.2 Å². The summed E-state index contributed by atoms with van der Waals surface area (Å²) in [4.78, 5) is 25.0. The van der Waals surface area contributed by atoms with E-state index >= 15 is 0 Å². The molecule has 0 fully saturated rings. The first-order valence-electron chi connectivity index (χ1n) is 9.76. The molecule has 3 rings (SSSR count). The Hall–Kier alpha value is -3.03. The van der Waals surface area contributed by atoms with Crippen molar-refractivity contribution < 1.29 is 9.59 Å². The number of carbonyl (C=O) groups is 2. The molecule has 1 aromatic carbocycles. The Bertz CT molecular complexity index is 841. The summed E-state index contributed by atoms with van der Waals surface area (Å²) in [5.41, 5.74) is 3.43. The monoisotopic (exact) mass is 382 g/mol. The lowest BCUT2D eigenvalue weighted by Gasteiger charge is -2.13. The third-order valence-corrected chi connectivity index (χ3v) is 4.73. The van der Waals surface area contributed by atoms with Crippen LogP contribution in [-0.4, -0.2) is 38.7 Å². The number of aromatic nitrogens is 4. The highest BCUT2D eigenvalue weighted by atomic mass is 16.2. The molecule has 0 bridgehead atoms. The first-order chi connectivity index (χ1) is 13.6. The predicted octanol–water partition coefficient (Wildman–Crippen LogP) is 2.62. The van der Waals surface area contributed by atoms with Crippen molar-refractivity contribution in [2.75, 3.05) is 6.54 Å². The van der Waals surface area contributed by atoms with E-state index in [1.807, 2.05) is 24.3 Å². The Kier molecular flexibility index (Phi) is 6.89. The van der Waals surface area contributed by atoms with Gasteiger partial charge in [0, 0.05) is 12.1 Å². The fourth-order valence-corrected chi connectivity index (χ4v) is 3.12. The number of hydrogen-bond acceptors (Lipinski definition) is 5. The molecule has 1 heterocycles. The van der Waals surface area contributed by atoms with Crippen LogP contribution in [0, 0.1) is 0 Å². The number of urea groups is 1. The number of hydrogen-bond donors (Lipinski definition) is 2. The second kappa shape index (κ2) is 9.77. The van der Waals surface area contributed by atoms with Crippen molar-refractivity contribution in [1.82, 2.24) is 30.8 Å². The van der Waals surface area contributed by atoms with E-state index in [4.69, 9.17) is 0 Å². The molecule has 8 heteroatoms. The van der Waals surface area contributed by atoms with E-state index < -0.39 is 11.9 Å². The fourth-order valence-electron chi connectivity index (χ4n) is 3.12. The van der Waals surface area contributed by atoms with E-state index in [1.165, 1.54) is 28.8 Å². The minimum absolute atomic E-state index is 0.168. The van der Waals surface area contributed by atoms with Crippen LogP contribution in [0.3, 0.4) is 0 Å². The van der Waals surface area contributed by atoms with Crippen LogP contribution in [-0.2, 0) is 17.8 Å². The van der Waals surface area contributed by atoms with Gasteiger partial charge in [-0.05, 0) is 49.3 Å². The maximum atomic E-state index is 12.0. The summed E-state index contributed by atoms with van der Waals surface area (Å²) in [6, 6.07) is 7.37. The van der Waals surface area contributed by atoms with Gasteiger partial charge in [0.25, 0.3) is 5.91 Å². The van der Waals surface area contributed by atoms with Crippen molar-refractivity contribution >= 4 is 11.9 Å². The average Bonchev–Trinajstić information content (AvgIpc) is 3.17. The van der Waals surface area contributed by atoms with Gasteiger partial charge in [-0.3, -0.25) is 10.1 Å². The number of aryl methyl sites for hydroxylation is 1. The van der Waals surface area contributed by atoms with Crippen molar-refractivity contribution in [3.05, 3.63) is 41.5 Å². The Morgan fingerprint density at radius 1 is 1.18 bits per heavy atom. The number of tetrazole rings is 1. The van der Waals surface area contributed by atoms with Crippen LogP contribution < -0.4 is 10.6 Å². The van der Waals surface area contributed by atoms with Crippen LogP contribution in [0.1, 0.15) is 44.6 Å². The zero-order chi connectivity index (χ0) is 19.8. The van der Waals surface area contributed by atoms with E-state index in [1.54, 1.807) is 0 Å². The molecular formula is C20H26N6O2. The van der Waals surface area contributed by atoms with Gasteiger partial charge in [0.05, 0.1) is 0 Å². The van der Waals surface area contributed by atoms with Crippen molar-refractivity contribution in [1.29, 1.82) is 0 Å². The van der Waals surface area contributed by atoms with Crippen molar-refractivity contribution in [2.45, 2.75) is 52.0 Å². The second-order valence-corrected chi connectivity index (χ2v) is 6.86. The standard InChI is InChI=1S/C20H26N6O2/c1-2-15-8-10-17(11-9-15)19-23-25-26(24-19)14-18(27)22-20(28)21-13-12-16-6-4-3-5-7-16/h6,8-11H,2-5,7,12-14H2,1H3,(H2,21,22,27,28). The van der Waals surface area contributed by atoms with Gasteiger partial charge in [0.15, 0.2) is 0 Å². The molecule has 8 nitrogen and oxygen atoms in total. The number of nitrogens with one attached hydrogen (secondary N) is 2. The third-order valence-electron chi connectivity index (χ3n) is 4.73. The molecule has 0 radical (unpaired) electrons. The highest BCUT2D eigenvalue weighted by Crippen LogP contribution is 2.19. The molecule has 1 aliphatic carbocycles. The minimum atomic E-state index is -0.503. The maximum Gasteiger partial charge on any atom is 0.321 e. The zero-order valence-corrected chi connectivity index (χ0v) is 16.1. The summed E-state index contributed by atoms with van der Waals surface area (Å²) in [5, 5.41) is 17.1. The Morgan fingerprint density at radius 3 is 2.71 bits per heavy atom. The molecule has 0 unspecified atom stereocenters. The Morgan fingerprint density at radius 2 is 2.00 bits per heavy atom. The van der Waals surface area contributed by atoms with Crippen LogP contribution >= 0.6 is 0 Å². The summed E-state index contributed by atoms with van der Waals surface area (Å²) in [6.45, 7) is 2.44. The largest absolute Gasteiger partial charge is 0.337 e. The van der Waals surface area contributed by atoms with Gasteiger partial charge in [-0.1, -0.05) is 42.8 Å². The molecular weight excluding hydrogens is 356 g/mol. The SMILES string of the molecule is CCc1ccc(-c2nnn(CC(=O)NC(=O)NCCC3=CCCCC3)n2)cc1. The van der Waals surface area contributed by atoms with Crippen LogP contribution in [0.15, 0.2) is 35.9 Å². The molecule has 0 spiro atoms. The predicted molar refractivity (Wildman–Crippen MR) is 105 cm³/mol. The number of benzene rings is 1. The van der Waals surface area contributed by atoms with Crippen molar-refractivity contribution in [3.63, 3.8) is 0 Å². The quantitative estimate of drug-likeness (QED) is 0.717. The normalized spacial score (nSPS) is 13.7. The smallest absolute Gasteiger partial charge is 0.321 e. The number of nitrogens with zero attached hydrogens (tertiary/aromatic N) is 4. The van der Waals surface area contributed by atoms with Crippen LogP contribution in [0.4, 0.5) is 4.79 Å². The lowest BCUT2D eigenvalue weighted by Crippen LogP contribution is -2.41. The Labute approximate surface area is 164 Å². The van der Waals surface area contributed by atoms with Gasteiger partial charge in [-0.15, -0.1) is 10.2 Å². The summed E-state index contributed by atoms with van der Waals surface area (Å²) >= 11 is 0. The van der Waals surface area contributed by atoms with Gasteiger partial charge in [-0.2, -0.15) is 4.80 Å². The lowest BCUT2D eigenvalue weighted by atomic mass is 9.97. The van der Waals surface area contributed by atoms with Gasteiger partial charge in [0.2, 0.25) is 5.82 Å². The molecule has 2 aromatic rings. The average molecular weight is 382 g/mol. The van der Waals surface area contributed by atoms with Crippen molar-refractivity contribution in [2.24, 2.45) is 0 Å². The van der Waals surface area contributed by atoms with Gasteiger partial charge < -0.3 is 5.32 Å². The van der Waals surface area contributed by atoms with E-state index in [9.17, 15) is 9.59 Å². The molecule has 2 N–H and O–H groups in total. The molecule has 0 saturated heterocycles. The molecule has 148 valence electrons. The zero-order valence-electron chi connectivity index (χ0n) is 16.1. The summed E-state index contributed by atoms with van der Waals surface area (Å²) in [7, 11) is 0. The van der Waals surface area contributed by atoms with Gasteiger partial charge >= 0.3 is 6.03 Å². The number of amides is 3. The summed E-state index contributed by atoms with van der Waals surface area (Å²) in [5.74, 6) is -0.0414. The molecule has 1 aliphatic rings. The minimum Gasteiger partial charge on any atom is -0.337 e. The number of allylic oxidation sites excluding steroid dienone is 1. The second-order valence-electron chi connectivity index (χ2n) is 6.86. The Balaban J connectivity index is 1.43. The summed E-state index contributed by atoms with van der Waals surface area (Å²) in [6.07, 6.45) is 8.71. The lowest BCUT2D eigenvalue weighted by molar-refractivity contribution is -0.121. The maximum absolute atomic E-state index is 12.0. The number of rotatable bonds is 7. The first kappa shape index (κ1) is 19.7. The van der Waals surface area contributed by atoms with E-state index in [-0.39, 0.29) is 6.54 Å². The number of imide groups is 1. The van der Waals surface area contributed by atoms with Gasteiger partial charge in [0.1, 0.15) is 6.54 Å².